The van der Waals surface area contributed by atoms with Gasteiger partial charge in [0, 0.05) is 23.0 Å². The third kappa shape index (κ3) is 4.70. The Morgan fingerprint density at radius 1 is 1.44 bits per heavy atom. The van der Waals surface area contributed by atoms with Crippen molar-refractivity contribution in [1.29, 1.82) is 0 Å². The van der Waals surface area contributed by atoms with Gasteiger partial charge in [0.1, 0.15) is 5.56 Å². The zero-order valence-corrected chi connectivity index (χ0v) is 14.9. The summed E-state index contributed by atoms with van der Waals surface area (Å²) >= 11 is 1.41. The minimum Gasteiger partial charge on any atom is -0.480 e. The number of hydrogen-bond acceptors (Lipinski definition) is 6. The molecule has 1 fully saturated rings. The van der Waals surface area contributed by atoms with Crippen molar-refractivity contribution in [3.8, 4) is 0 Å². The zero-order valence-electron chi connectivity index (χ0n) is 14.1. The summed E-state index contributed by atoms with van der Waals surface area (Å²) in [6.45, 7) is 2.49. The van der Waals surface area contributed by atoms with Gasteiger partial charge in [0.15, 0.2) is 0 Å². The van der Waals surface area contributed by atoms with Crippen LogP contribution in [-0.4, -0.2) is 58.2 Å². The maximum Gasteiger partial charge on any atom is 0.317 e. The van der Waals surface area contributed by atoms with Crippen molar-refractivity contribution in [3.63, 3.8) is 0 Å². The topological polar surface area (TPSA) is 113 Å². The van der Waals surface area contributed by atoms with E-state index in [4.69, 9.17) is 5.11 Å². The molecule has 0 aromatic heterocycles. The number of nitro benzene ring substituents is 1. The number of carbonyl (C=O) groups is 2. The van der Waals surface area contributed by atoms with Gasteiger partial charge in [0.05, 0.1) is 11.5 Å². The minimum atomic E-state index is -0.876. The van der Waals surface area contributed by atoms with E-state index in [9.17, 15) is 19.7 Å². The second kappa shape index (κ2) is 8.30. The molecule has 0 unspecified atom stereocenters. The van der Waals surface area contributed by atoms with Gasteiger partial charge < -0.3 is 10.4 Å². The molecule has 0 aliphatic heterocycles. The number of rotatable bonds is 8. The standard InChI is InChI=1S/C16H21N3O5S/c1-3-18(9-15(20)21)11-6-10(7-11)17-16(22)13-8-12(25-2)4-5-14(13)19(23)24/h4-5,8,10-11H,3,6-7,9H2,1-2H3,(H,17,22)(H,20,21). The van der Waals surface area contributed by atoms with Gasteiger partial charge in [-0.15, -0.1) is 11.8 Å². The number of nitro groups is 1. The Balaban J connectivity index is 2.00. The summed E-state index contributed by atoms with van der Waals surface area (Å²) < 4.78 is 0. The molecular weight excluding hydrogens is 346 g/mol. The van der Waals surface area contributed by atoms with Crippen LogP contribution in [0, 0.1) is 10.1 Å². The molecular formula is C16H21N3O5S. The number of nitrogens with one attached hydrogen (secondary N) is 1. The fraction of sp³-hybridized carbons (Fsp3) is 0.500. The molecule has 1 aliphatic carbocycles. The molecule has 25 heavy (non-hydrogen) atoms. The molecule has 1 aromatic carbocycles. The predicted octanol–water partition coefficient (Wildman–Crippen LogP) is 1.98. The quantitative estimate of drug-likeness (QED) is 0.410. The molecule has 0 saturated heterocycles. The highest BCUT2D eigenvalue weighted by Crippen LogP contribution is 2.28. The molecule has 0 atom stereocenters. The molecule has 8 nitrogen and oxygen atoms in total. The number of likely N-dealkylation sites (N-methyl/N-ethyl adjacent to an activating group) is 1. The maximum atomic E-state index is 12.4. The summed E-state index contributed by atoms with van der Waals surface area (Å²) in [5.74, 6) is -1.34. The monoisotopic (exact) mass is 367 g/mol. The Kier molecular flexibility index (Phi) is 6.38. The summed E-state index contributed by atoms with van der Waals surface area (Å²) in [5.41, 5.74) is -0.162. The third-order valence-electron chi connectivity index (χ3n) is 4.35. The summed E-state index contributed by atoms with van der Waals surface area (Å²) in [4.78, 5) is 36.5. The van der Waals surface area contributed by atoms with E-state index in [0.29, 0.717) is 19.4 Å². The fourth-order valence-electron chi connectivity index (χ4n) is 2.92. The van der Waals surface area contributed by atoms with E-state index >= 15 is 0 Å². The van der Waals surface area contributed by atoms with Crippen molar-refractivity contribution in [2.24, 2.45) is 0 Å². The van der Waals surface area contributed by atoms with Crippen molar-refractivity contribution in [1.82, 2.24) is 10.2 Å². The maximum absolute atomic E-state index is 12.4. The highest BCUT2D eigenvalue weighted by atomic mass is 32.2. The number of hydrogen-bond donors (Lipinski definition) is 2. The van der Waals surface area contributed by atoms with Crippen LogP contribution in [0.2, 0.25) is 0 Å². The SMILES string of the molecule is CCN(CC(=O)O)C1CC(NC(=O)c2cc(SC)ccc2[N+](=O)[O-])C1. The summed E-state index contributed by atoms with van der Waals surface area (Å²) in [5, 5.41) is 22.8. The van der Waals surface area contributed by atoms with Gasteiger partial charge in [-0.1, -0.05) is 6.92 Å². The van der Waals surface area contributed by atoms with Crippen LogP contribution in [0.3, 0.4) is 0 Å². The predicted molar refractivity (Wildman–Crippen MR) is 94.0 cm³/mol. The molecule has 9 heteroatoms. The summed E-state index contributed by atoms with van der Waals surface area (Å²) in [6, 6.07) is 4.49. The lowest BCUT2D eigenvalue weighted by atomic mass is 9.85. The Labute approximate surface area is 149 Å². The van der Waals surface area contributed by atoms with Crippen LogP contribution in [0.1, 0.15) is 30.1 Å². The van der Waals surface area contributed by atoms with E-state index in [-0.39, 0.29) is 29.9 Å². The van der Waals surface area contributed by atoms with Gasteiger partial charge in [-0.2, -0.15) is 0 Å². The molecule has 0 spiro atoms. The molecule has 0 heterocycles. The summed E-state index contributed by atoms with van der Waals surface area (Å²) in [6.07, 6.45) is 3.12. The van der Waals surface area contributed by atoms with Crippen LogP contribution in [0.15, 0.2) is 23.1 Å². The van der Waals surface area contributed by atoms with Crippen molar-refractivity contribution in [2.45, 2.75) is 36.7 Å². The van der Waals surface area contributed by atoms with Crippen LogP contribution < -0.4 is 5.32 Å². The number of carboxylic acids is 1. The fourth-order valence-corrected chi connectivity index (χ4v) is 3.36. The van der Waals surface area contributed by atoms with Crippen molar-refractivity contribution >= 4 is 29.3 Å². The lowest BCUT2D eigenvalue weighted by Gasteiger charge is -2.42. The van der Waals surface area contributed by atoms with E-state index in [1.165, 1.54) is 23.9 Å². The summed E-state index contributed by atoms with van der Waals surface area (Å²) in [7, 11) is 0. The van der Waals surface area contributed by atoms with Gasteiger partial charge in [0.25, 0.3) is 11.6 Å². The smallest absolute Gasteiger partial charge is 0.317 e. The molecule has 136 valence electrons. The number of aliphatic carboxylic acids is 1. The third-order valence-corrected chi connectivity index (χ3v) is 5.08. The lowest BCUT2D eigenvalue weighted by Crippen LogP contribution is -2.54. The van der Waals surface area contributed by atoms with Crippen molar-refractivity contribution in [2.75, 3.05) is 19.3 Å². The molecule has 1 aliphatic rings. The van der Waals surface area contributed by atoms with Crippen molar-refractivity contribution in [3.05, 3.63) is 33.9 Å². The number of thioether (sulfide) groups is 1. The average Bonchev–Trinajstić information content (AvgIpc) is 2.54. The number of benzene rings is 1. The normalized spacial score (nSPS) is 19.3. The molecule has 1 saturated carbocycles. The Morgan fingerprint density at radius 2 is 2.12 bits per heavy atom. The molecule has 1 amide bonds. The zero-order chi connectivity index (χ0) is 18.6. The largest absolute Gasteiger partial charge is 0.480 e. The second-order valence-electron chi connectivity index (χ2n) is 5.89. The molecule has 1 aromatic rings. The average molecular weight is 367 g/mol. The van der Waals surface area contributed by atoms with Gasteiger partial charge in [-0.3, -0.25) is 24.6 Å². The molecule has 2 rings (SSSR count). The first-order chi connectivity index (χ1) is 11.8. The van der Waals surface area contributed by atoms with Gasteiger partial charge in [0.2, 0.25) is 0 Å². The molecule has 0 bridgehead atoms. The van der Waals surface area contributed by atoms with Crippen LogP contribution in [-0.2, 0) is 4.79 Å². The molecule has 0 radical (unpaired) electrons. The van der Waals surface area contributed by atoms with Crippen LogP contribution in [0.25, 0.3) is 0 Å². The van der Waals surface area contributed by atoms with E-state index in [2.05, 4.69) is 5.32 Å². The second-order valence-corrected chi connectivity index (χ2v) is 6.77. The highest BCUT2D eigenvalue weighted by molar-refractivity contribution is 7.98. The Bertz CT molecular complexity index is 676. The van der Waals surface area contributed by atoms with Crippen molar-refractivity contribution < 1.29 is 19.6 Å². The van der Waals surface area contributed by atoms with Crippen LogP contribution in [0.5, 0.6) is 0 Å². The van der Waals surface area contributed by atoms with Gasteiger partial charge >= 0.3 is 5.97 Å². The number of nitrogens with zero attached hydrogens (tertiary/aromatic N) is 2. The van der Waals surface area contributed by atoms with E-state index in [0.717, 1.165) is 4.90 Å². The Hall–Kier alpha value is -2.13. The Morgan fingerprint density at radius 3 is 2.64 bits per heavy atom. The number of carbonyl (C=O) groups excluding carboxylic acids is 1. The van der Waals surface area contributed by atoms with Gasteiger partial charge in [-0.05, 0) is 37.8 Å². The van der Waals surface area contributed by atoms with Crippen LogP contribution >= 0.6 is 11.8 Å². The van der Waals surface area contributed by atoms with E-state index in [1.807, 2.05) is 18.1 Å². The minimum absolute atomic E-state index is 0.0247. The van der Waals surface area contributed by atoms with E-state index in [1.54, 1.807) is 6.07 Å². The first-order valence-corrected chi connectivity index (χ1v) is 9.17. The highest BCUT2D eigenvalue weighted by Gasteiger charge is 2.35. The first kappa shape index (κ1) is 19.2. The first-order valence-electron chi connectivity index (χ1n) is 7.94. The lowest BCUT2D eigenvalue weighted by molar-refractivity contribution is -0.385. The number of amides is 1. The molecule has 2 N–H and O–H groups in total. The van der Waals surface area contributed by atoms with Gasteiger partial charge in [-0.25, -0.2) is 0 Å². The van der Waals surface area contributed by atoms with E-state index < -0.39 is 16.8 Å². The van der Waals surface area contributed by atoms with Crippen LogP contribution in [0.4, 0.5) is 5.69 Å². The number of carboxylic acid groups (broad SMARTS) is 1.